The van der Waals surface area contributed by atoms with Gasteiger partial charge in [-0.25, -0.2) is 0 Å². The molecule has 1 aliphatic carbocycles. The van der Waals surface area contributed by atoms with Gasteiger partial charge in [0.1, 0.15) is 0 Å². The normalized spacial score (nSPS) is 35.3. The lowest BCUT2D eigenvalue weighted by Crippen LogP contribution is -2.62. The van der Waals surface area contributed by atoms with Crippen LogP contribution in [0.25, 0.3) is 0 Å². The zero-order valence-electron chi connectivity index (χ0n) is 12.2. The highest BCUT2D eigenvalue weighted by atomic mass is 16.5. The molecule has 3 saturated heterocycles. The standard InChI is InChI=1S/C15H28N2O/c1-12(2)18-11-15(6-7-15)10-17-9-13-4-5-14(17)8-16(13)3/h12-14H,4-11H2,1-3H3. The molecular weight excluding hydrogens is 224 g/mol. The van der Waals surface area contributed by atoms with Gasteiger partial charge in [-0.3, -0.25) is 4.90 Å². The molecule has 4 aliphatic rings. The van der Waals surface area contributed by atoms with Crippen molar-refractivity contribution in [1.29, 1.82) is 0 Å². The van der Waals surface area contributed by atoms with Gasteiger partial charge in [-0.15, -0.1) is 0 Å². The lowest BCUT2D eigenvalue weighted by molar-refractivity contribution is -0.0332. The van der Waals surface area contributed by atoms with E-state index in [9.17, 15) is 0 Å². The lowest BCUT2D eigenvalue weighted by Gasteiger charge is -2.51. The second kappa shape index (κ2) is 4.77. The summed E-state index contributed by atoms with van der Waals surface area (Å²) in [5.41, 5.74) is 0.514. The summed E-state index contributed by atoms with van der Waals surface area (Å²) in [4.78, 5) is 5.33. The minimum atomic E-state index is 0.381. The molecule has 2 unspecified atom stereocenters. The summed E-state index contributed by atoms with van der Waals surface area (Å²) in [6, 6.07) is 1.63. The van der Waals surface area contributed by atoms with Crippen LogP contribution in [-0.2, 0) is 4.74 Å². The predicted octanol–water partition coefficient (Wildman–Crippen LogP) is 1.97. The van der Waals surface area contributed by atoms with Crippen molar-refractivity contribution in [3.05, 3.63) is 0 Å². The van der Waals surface area contributed by atoms with Gasteiger partial charge in [-0.05, 0) is 46.6 Å². The van der Waals surface area contributed by atoms with Gasteiger partial charge in [-0.1, -0.05) is 0 Å². The van der Waals surface area contributed by atoms with E-state index >= 15 is 0 Å². The van der Waals surface area contributed by atoms with Crippen molar-refractivity contribution in [2.45, 2.75) is 57.7 Å². The van der Waals surface area contributed by atoms with E-state index in [1.807, 2.05) is 0 Å². The van der Waals surface area contributed by atoms with E-state index in [0.29, 0.717) is 11.5 Å². The summed E-state index contributed by atoms with van der Waals surface area (Å²) in [5, 5.41) is 0. The van der Waals surface area contributed by atoms with Crippen LogP contribution in [0.3, 0.4) is 0 Å². The first-order chi connectivity index (χ1) is 8.58. The Morgan fingerprint density at radius 1 is 1.17 bits per heavy atom. The zero-order valence-corrected chi connectivity index (χ0v) is 12.2. The number of fused-ring (bicyclic) bond motifs is 3. The maximum Gasteiger partial charge on any atom is 0.0538 e. The Labute approximate surface area is 111 Å². The molecule has 0 spiro atoms. The molecule has 0 aromatic rings. The van der Waals surface area contributed by atoms with Gasteiger partial charge in [0.2, 0.25) is 0 Å². The van der Waals surface area contributed by atoms with Crippen molar-refractivity contribution in [2.75, 3.05) is 33.3 Å². The van der Waals surface area contributed by atoms with E-state index in [2.05, 4.69) is 30.7 Å². The van der Waals surface area contributed by atoms with E-state index in [1.165, 1.54) is 45.3 Å². The number of likely N-dealkylation sites (N-methyl/N-ethyl adjacent to an activating group) is 1. The van der Waals surface area contributed by atoms with Crippen molar-refractivity contribution in [3.8, 4) is 0 Å². The topological polar surface area (TPSA) is 15.7 Å². The van der Waals surface area contributed by atoms with Crippen LogP contribution in [0.1, 0.15) is 39.5 Å². The third kappa shape index (κ3) is 2.59. The fraction of sp³-hybridized carbons (Fsp3) is 1.00. The first kappa shape index (κ1) is 12.9. The van der Waals surface area contributed by atoms with Crippen LogP contribution < -0.4 is 0 Å². The number of rotatable bonds is 5. The summed E-state index contributed by atoms with van der Waals surface area (Å²) in [6.07, 6.45) is 5.96. The van der Waals surface area contributed by atoms with Gasteiger partial charge in [-0.2, -0.15) is 0 Å². The number of ether oxygens (including phenoxy) is 1. The highest BCUT2D eigenvalue weighted by Crippen LogP contribution is 2.48. The molecular formula is C15H28N2O. The van der Waals surface area contributed by atoms with Gasteiger partial charge in [0.15, 0.2) is 0 Å². The number of hydrogen-bond donors (Lipinski definition) is 0. The fourth-order valence-corrected chi connectivity index (χ4v) is 3.62. The molecule has 18 heavy (non-hydrogen) atoms. The quantitative estimate of drug-likeness (QED) is 0.744. The third-order valence-corrected chi connectivity index (χ3v) is 5.14. The average molecular weight is 252 g/mol. The SMILES string of the molecule is CC(C)OCC1(CN2CC3CCC2CN3C)CC1. The van der Waals surface area contributed by atoms with Crippen molar-refractivity contribution < 1.29 is 4.74 Å². The molecule has 1 saturated carbocycles. The summed E-state index contributed by atoms with van der Waals surface area (Å²) < 4.78 is 5.87. The van der Waals surface area contributed by atoms with Crippen molar-refractivity contribution in [3.63, 3.8) is 0 Å². The molecule has 2 bridgehead atoms. The van der Waals surface area contributed by atoms with Gasteiger partial charge in [0, 0.05) is 37.1 Å². The maximum atomic E-state index is 5.87. The van der Waals surface area contributed by atoms with E-state index in [4.69, 9.17) is 4.74 Å². The molecule has 0 aromatic heterocycles. The highest BCUT2D eigenvalue weighted by Gasteiger charge is 2.47. The van der Waals surface area contributed by atoms with E-state index in [1.54, 1.807) is 0 Å². The largest absolute Gasteiger partial charge is 0.378 e. The van der Waals surface area contributed by atoms with Gasteiger partial charge < -0.3 is 9.64 Å². The Hall–Kier alpha value is -0.120. The van der Waals surface area contributed by atoms with Crippen molar-refractivity contribution in [1.82, 2.24) is 9.80 Å². The Kier molecular flexibility index (Phi) is 3.41. The van der Waals surface area contributed by atoms with Crippen molar-refractivity contribution in [2.24, 2.45) is 5.41 Å². The molecule has 2 atom stereocenters. The van der Waals surface area contributed by atoms with E-state index in [0.717, 1.165) is 18.7 Å². The zero-order chi connectivity index (χ0) is 12.8. The molecule has 3 nitrogen and oxygen atoms in total. The number of hydrogen-bond acceptors (Lipinski definition) is 3. The Morgan fingerprint density at radius 3 is 2.39 bits per heavy atom. The van der Waals surface area contributed by atoms with Crippen LogP contribution in [0, 0.1) is 5.41 Å². The Bertz CT molecular complexity index is 301. The van der Waals surface area contributed by atoms with Gasteiger partial charge >= 0.3 is 0 Å². The minimum Gasteiger partial charge on any atom is -0.378 e. The van der Waals surface area contributed by atoms with Gasteiger partial charge in [0.25, 0.3) is 0 Å². The first-order valence-electron chi connectivity index (χ1n) is 7.64. The summed E-state index contributed by atoms with van der Waals surface area (Å²) in [6.45, 7) is 9.14. The monoisotopic (exact) mass is 252 g/mol. The maximum absolute atomic E-state index is 5.87. The molecule has 0 aromatic carbocycles. The summed E-state index contributed by atoms with van der Waals surface area (Å²) in [5.74, 6) is 0. The molecule has 4 fully saturated rings. The molecule has 0 amide bonds. The third-order valence-electron chi connectivity index (χ3n) is 5.14. The highest BCUT2D eigenvalue weighted by molar-refractivity contribution is 5.01. The molecule has 4 rings (SSSR count). The van der Waals surface area contributed by atoms with Crippen LogP contribution in [0.2, 0.25) is 0 Å². The fourth-order valence-electron chi connectivity index (χ4n) is 3.62. The molecule has 3 heteroatoms. The summed E-state index contributed by atoms with van der Waals surface area (Å²) in [7, 11) is 2.29. The van der Waals surface area contributed by atoms with Crippen LogP contribution in [-0.4, -0.2) is 61.3 Å². The number of nitrogens with zero attached hydrogens (tertiary/aromatic N) is 2. The van der Waals surface area contributed by atoms with Crippen LogP contribution in [0.5, 0.6) is 0 Å². The lowest BCUT2D eigenvalue weighted by atomic mass is 9.90. The predicted molar refractivity (Wildman–Crippen MR) is 73.8 cm³/mol. The van der Waals surface area contributed by atoms with Crippen molar-refractivity contribution >= 4 is 0 Å². The van der Waals surface area contributed by atoms with Crippen LogP contribution in [0.15, 0.2) is 0 Å². The molecule has 3 heterocycles. The van der Waals surface area contributed by atoms with Crippen LogP contribution >= 0.6 is 0 Å². The second-order valence-corrected chi connectivity index (χ2v) is 7.11. The Balaban J connectivity index is 1.54. The van der Waals surface area contributed by atoms with Gasteiger partial charge in [0.05, 0.1) is 12.7 Å². The molecule has 104 valence electrons. The number of piperidine rings is 2. The molecule has 0 radical (unpaired) electrons. The van der Waals surface area contributed by atoms with Crippen LogP contribution in [0.4, 0.5) is 0 Å². The second-order valence-electron chi connectivity index (χ2n) is 7.11. The van der Waals surface area contributed by atoms with E-state index < -0.39 is 0 Å². The van der Waals surface area contributed by atoms with E-state index in [-0.39, 0.29) is 0 Å². The molecule has 0 N–H and O–H groups in total. The minimum absolute atomic E-state index is 0.381. The smallest absolute Gasteiger partial charge is 0.0538 e. The molecule has 3 aliphatic heterocycles. The Morgan fingerprint density at radius 2 is 1.89 bits per heavy atom. The average Bonchev–Trinajstić information content (AvgIpc) is 3.09. The summed E-state index contributed by atoms with van der Waals surface area (Å²) >= 11 is 0. The number of piperazine rings is 1. The first-order valence-corrected chi connectivity index (χ1v) is 7.64.